The van der Waals surface area contributed by atoms with Crippen LogP contribution in [-0.4, -0.2) is 11.9 Å². The van der Waals surface area contributed by atoms with E-state index in [1.165, 1.54) is 12.2 Å². The number of hydrogen-bond donors (Lipinski definition) is 0. The zero-order valence-electron chi connectivity index (χ0n) is 24.0. The lowest BCUT2D eigenvalue weighted by Crippen LogP contribution is -2.31. The largest absolute Gasteiger partial charge is 0.423 e. The van der Waals surface area contributed by atoms with Crippen LogP contribution in [0.2, 0.25) is 0 Å². The molecule has 0 heterocycles. The first-order valence-electron chi connectivity index (χ1n) is 14.0. The van der Waals surface area contributed by atoms with Gasteiger partial charge in [0.2, 0.25) is 0 Å². The van der Waals surface area contributed by atoms with E-state index in [0.717, 1.165) is 55.6 Å². The predicted octanol–water partition coefficient (Wildman–Crippen LogP) is 7.97. The van der Waals surface area contributed by atoms with Gasteiger partial charge < -0.3 is 9.47 Å². The van der Waals surface area contributed by atoms with Crippen LogP contribution in [0.3, 0.4) is 0 Å². The summed E-state index contributed by atoms with van der Waals surface area (Å²) in [5.41, 5.74) is 8.74. The van der Waals surface area contributed by atoms with E-state index in [9.17, 15) is 9.59 Å². The number of esters is 2. The lowest BCUT2D eigenvalue weighted by atomic mass is 9.66. The molecule has 1 aliphatic rings. The predicted molar refractivity (Wildman–Crippen MR) is 164 cm³/mol. The Morgan fingerprint density at radius 3 is 1.39 bits per heavy atom. The summed E-state index contributed by atoms with van der Waals surface area (Å²) < 4.78 is 12.3. The van der Waals surface area contributed by atoms with Crippen LogP contribution in [0.1, 0.15) is 58.4 Å². The third-order valence-corrected chi connectivity index (χ3v) is 8.20. The van der Waals surface area contributed by atoms with Gasteiger partial charge in [0.15, 0.2) is 0 Å². The molecule has 0 fully saturated rings. The maximum atomic E-state index is 12.8. The van der Waals surface area contributed by atoms with Gasteiger partial charge in [0.1, 0.15) is 11.5 Å². The van der Waals surface area contributed by atoms with Gasteiger partial charge in [-0.15, -0.1) is 0 Å². The number of rotatable bonds is 8. The van der Waals surface area contributed by atoms with Crippen LogP contribution in [0.4, 0.5) is 0 Å². The van der Waals surface area contributed by atoms with Gasteiger partial charge in [0.25, 0.3) is 0 Å². The molecule has 0 aliphatic heterocycles. The quantitative estimate of drug-likeness (QED) is 0.113. The number of carbonyl (C=O) groups excluding carboxylic acids is 2. The Balaban J connectivity index is 2.05. The van der Waals surface area contributed by atoms with Gasteiger partial charge >= 0.3 is 11.9 Å². The minimum Gasteiger partial charge on any atom is -0.423 e. The molecule has 206 valence electrons. The Labute approximate surface area is 242 Å². The number of aryl methyl sites for hydroxylation is 2. The Kier molecular flexibility index (Phi) is 7.51. The number of fused-ring (bicyclic) bond motifs is 3. The summed E-state index contributed by atoms with van der Waals surface area (Å²) in [7, 11) is 0. The fraction of sp³-hybridized carbons (Fsp3) is 0.189. The van der Waals surface area contributed by atoms with Gasteiger partial charge in [-0.1, -0.05) is 99.8 Å². The number of hydrogen-bond acceptors (Lipinski definition) is 4. The van der Waals surface area contributed by atoms with Crippen LogP contribution >= 0.6 is 0 Å². The highest BCUT2D eigenvalue weighted by molar-refractivity contribution is 5.90. The summed E-state index contributed by atoms with van der Waals surface area (Å²) in [6, 6.07) is 24.8. The van der Waals surface area contributed by atoms with Crippen molar-refractivity contribution in [3.63, 3.8) is 0 Å². The van der Waals surface area contributed by atoms with E-state index >= 15 is 0 Å². The molecule has 0 bridgehead atoms. The average molecular weight is 543 g/mol. The zero-order valence-corrected chi connectivity index (χ0v) is 24.0. The molecule has 4 aromatic rings. The Hall–Kier alpha value is -4.70. The first kappa shape index (κ1) is 27.9. The smallest absolute Gasteiger partial charge is 0.335 e. The monoisotopic (exact) mass is 542 g/mol. The van der Waals surface area contributed by atoms with E-state index in [4.69, 9.17) is 9.47 Å². The second-order valence-electron chi connectivity index (χ2n) is 10.3. The van der Waals surface area contributed by atoms with Crippen molar-refractivity contribution < 1.29 is 19.1 Å². The summed E-state index contributed by atoms with van der Waals surface area (Å²) in [6.45, 7) is 15.5. The van der Waals surface area contributed by atoms with Crippen molar-refractivity contribution >= 4 is 11.9 Å². The minimum atomic E-state index is -0.962. The summed E-state index contributed by atoms with van der Waals surface area (Å²) in [6.07, 6.45) is 3.69. The standard InChI is InChI=1S/C37H34O4/c1-7-25-23(5)19-21-31(35(25)40-33(38)9-3)37(29-17-13-11-15-27(29)28-16-12-14-18-30(28)37)32-22-20-24(6)26(8-2)36(32)41-34(39)10-4/h9-22H,3-4,7-8H2,1-2,5-6H3. The molecule has 0 spiro atoms. The summed E-state index contributed by atoms with van der Waals surface area (Å²) >= 11 is 0. The first-order valence-corrected chi connectivity index (χ1v) is 14.0. The molecule has 0 aromatic heterocycles. The summed E-state index contributed by atoms with van der Waals surface area (Å²) in [5.74, 6) is -0.0532. The molecule has 0 unspecified atom stereocenters. The highest BCUT2D eigenvalue weighted by Gasteiger charge is 2.50. The normalized spacial score (nSPS) is 12.7. The minimum absolute atomic E-state index is 0.503. The Morgan fingerprint density at radius 2 is 1.02 bits per heavy atom. The van der Waals surface area contributed by atoms with Crippen LogP contribution in [0.15, 0.2) is 98.1 Å². The lowest BCUT2D eigenvalue weighted by molar-refractivity contribution is -0.129. The SMILES string of the molecule is C=CC(=O)Oc1c(C2(c3ccc(C)c(CC)c3OC(=O)C=C)c3ccccc3-c3ccccc32)ccc(C)c1CC. The molecule has 0 N–H and O–H groups in total. The fourth-order valence-electron chi connectivity index (χ4n) is 6.40. The van der Waals surface area contributed by atoms with Crippen LogP contribution in [-0.2, 0) is 27.8 Å². The molecule has 0 amide bonds. The molecule has 0 saturated carbocycles. The molecule has 0 radical (unpaired) electrons. The highest BCUT2D eigenvalue weighted by atomic mass is 16.5. The van der Waals surface area contributed by atoms with Gasteiger partial charge in [0, 0.05) is 23.3 Å². The van der Waals surface area contributed by atoms with Crippen LogP contribution in [0.25, 0.3) is 11.1 Å². The first-order chi connectivity index (χ1) is 19.8. The Morgan fingerprint density at radius 1 is 0.634 bits per heavy atom. The maximum absolute atomic E-state index is 12.8. The second kappa shape index (κ2) is 11.1. The highest BCUT2D eigenvalue weighted by Crippen LogP contribution is 2.60. The molecular formula is C37H34O4. The number of carbonyl (C=O) groups is 2. The molecule has 41 heavy (non-hydrogen) atoms. The van der Waals surface area contributed by atoms with Gasteiger partial charge in [-0.05, 0) is 71.2 Å². The van der Waals surface area contributed by atoms with E-state index < -0.39 is 17.4 Å². The molecular weight excluding hydrogens is 508 g/mol. The van der Waals surface area contributed by atoms with Gasteiger partial charge in [-0.3, -0.25) is 0 Å². The van der Waals surface area contributed by atoms with Crippen LogP contribution in [0, 0.1) is 13.8 Å². The van der Waals surface area contributed by atoms with Crippen molar-refractivity contribution in [3.05, 3.63) is 143 Å². The third kappa shape index (κ3) is 4.31. The van der Waals surface area contributed by atoms with Gasteiger partial charge in [-0.2, -0.15) is 0 Å². The molecule has 4 aromatic carbocycles. The maximum Gasteiger partial charge on any atom is 0.335 e. The molecule has 5 rings (SSSR count). The van der Waals surface area contributed by atoms with Crippen molar-refractivity contribution in [2.24, 2.45) is 0 Å². The van der Waals surface area contributed by atoms with Crippen LogP contribution < -0.4 is 9.47 Å². The molecule has 0 atom stereocenters. The molecule has 4 heteroatoms. The van der Waals surface area contributed by atoms with Crippen molar-refractivity contribution in [3.8, 4) is 22.6 Å². The van der Waals surface area contributed by atoms with Gasteiger partial charge in [0.05, 0.1) is 5.41 Å². The molecule has 1 aliphatic carbocycles. The Bertz CT molecular complexity index is 1580. The van der Waals surface area contributed by atoms with Gasteiger partial charge in [-0.25, -0.2) is 9.59 Å². The number of ether oxygens (including phenoxy) is 2. The second-order valence-corrected chi connectivity index (χ2v) is 10.3. The number of benzene rings is 4. The third-order valence-electron chi connectivity index (χ3n) is 8.20. The topological polar surface area (TPSA) is 52.6 Å². The summed E-state index contributed by atoms with van der Waals surface area (Å²) in [4.78, 5) is 25.7. The van der Waals surface area contributed by atoms with Crippen molar-refractivity contribution in [2.45, 2.75) is 46.0 Å². The summed E-state index contributed by atoms with van der Waals surface area (Å²) in [5, 5.41) is 0. The van der Waals surface area contributed by atoms with E-state index in [2.05, 4.69) is 63.4 Å². The average Bonchev–Trinajstić information content (AvgIpc) is 3.28. The van der Waals surface area contributed by atoms with Crippen LogP contribution in [0.5, 0.6) is 11.5 Å². The van der Waals surface area contributed by atoms with Crippen molar-refractivity contribution in [1.29, 1.82) is 0 Å². The van der Waals surface area contributed by atoms with Crippen molar-refractivity contribution in [1.82, 2.24) is 0 Å². The van der Waals surface area contributed by atoms with E-state index in [1.807, 2.05) is 50.2 Å². The van der Waals surface area contributed by atoms with E-state index in [-0.39, 0.29) is 0 Å². The zero-order chi connectivity index (χ0) is 29.3. The fourth-order valence-corrected chi connectivity index (χ4v) is 6.40. The van der Waals surface area contributed by atoms with Crippen molar-refractivity contribution in [2.75, 3.05) is 0 Å². The molecule has 4 nitrogen and oxygen atoms in total. The van der Waals surface area contributed by atoms with E-state index in [0.29, 0.717) is 24.3 Å². The van der Waals surface area contributed by atoms with E-state index in [1.54, 1.807) is 0 Å². The lowest BCUT2D eigenvalue weighted by Gasteiger charge is -2.37. The molecule has 0 saturated heterocycles.